The Morgan fingerprint density at radius 2 is 1.48 bits per heavy atom. The molecule has 4 aromatic rings. The lowest BCUT2D eigenvalue weighted by Gasteiger charge is -2.21. The predicted octanol–water partition coefficient (Wildman–Crippen LogP) is 5.05. The first-order valence-corrected chi connectivity index (χ1v) is 15.6. The van der Waals surface area contributed by atoms with E-state index >= 15 is 0 Å². The van der Waals surface area contributed by atoms with Gasteiger partial charge >= 0.3 is 11.9 Å². The number of sulfonamides is 1. The van der Waals surface area contributed by atoms with Crippen LogP contribution in [0.5, 0.6) is 5.75 Å². The zero-order valence-corrected chi connectivity index (χ0v) is 25.4. The van der Waals surface area contributed by atoms with Crippen LogP contribution in [0.3, 0.4) is 0 Å². The van der Waals surface area contributed by atoms with Gasteiger partial charge in [-0.05, 0) is 59.2 Å². The smallest absolute Gasteiger partial charge is 0.326 e. The van der Waals surface area contributed by atoms with Gasteiger partial charge in [0.1, 0.15) is 24.4 Å². The van der Waals surface area contributed by atoms with Crippen LogP contribution in [-0.2, 0) is 37.4 Å². The molecule has 0 aliphatic carbocycles. The standard InChI is InChI=1S/C31H28Cl2N2O8S/c32-25-6-3-7-26(33)24(25)18-43-22-11-8-19(9-12-22)16-28(31(39)40)34-30(38)27(14-15-29(36)37)35-44(41,42)23-13-10-20-4-1-2-5-21(20)17-23/h1-13,17,27-28,35H,14-16,18H2,(H,34,38)(H,36,37)(H,39,40)/t27-,28-/m0/s1. The molecule has 4 rings (SSSR count). The van der Waals surface area contributed by atoms with Crippen LogP contribution in [0.4, 0.5) is 0 Å². The summed E-state index contributed by atoms with van der Waals surface area (Å²) in [7, 11) is -4.28. The molecule has 0 aromatic heterocycles. The second-order valence-electron chi connectivity index (χ2n) is 9.85. The summed E-state index contributed by atoms with van der Waals surface area (Å²) in [6, 6.07) is 20.1. The molecule has 0 saturated carbocycles. The maximum absolute atomic E-state index is 13.2. The quantitative estimate of drug-likeness (QED) is 0.146. The molecule has 230 valence electrons. The van der Waals surface area contributed by atoms with Crippen LogP contribution < -0.4 is 14.8 Å². The molecule has 0 unspecified atom stereocenters. The number of amides is 1. The highest BCUT2D eigenvalue weighted by atomic mass is 35.5. The van der Waals surface area contributed by atoms with Crippen LogP contribution in [0.15, 0.2) is 89.8 Å². The maximum Gasteiger partial charge on any atom is 0.326 e. The topological polar surface area (TPSA) is 159 Å². The van der Waals surface area contributed by atoms with Crippen molar-refractivity contribution in [3.63, 3.8) is 0 Å². The molecule has 13 heteroatoms. The molecule has 2 atom stereocenters. The fraction of sp³-hybridized carbons (Fsp3) is 0.194. The largest absolute Gasteiger partial charge is 0.489 e. The molecule has 4 aromatic carbocycles. The summed E-state index contributed by atoms with van der Waals surface area (Å²) in [4.78, 5) is 36.3. The normalized spacial score (nSPS) is 12.8. The molecule has 0 fully saturated rings. The number of hydrogen-bond donors (Lipinski definition) is 4. The van der Waals surface area contributed by atoms with Gasteiger partial charge in [-0.25, -0.2) is 13.2 Å². The van der Waals surface area contributed by atoms with Gasteiger partial charge in [0.2, 0.25) is 15.9 Å². The van der Waals surface area contributed by atoms with Gasteiger partial charge in [-0.2, -0.15) is 4.72 Å². The van der Waals surface area contributed by atoms with Gasteiger partial charge in [0, 0.05) is 28.5 Å². The number of rotatable bonds is 14. The van der Waals surface area contributed by atoms with E-state index in [0.29, 0.717) is 32.3 Å². The fourth-order valence-electron chi connectivity index (χ4n) is 4.36. The van der Waals surface area contributed by atoms with E-state index < -0.39 is 52.8 Å². The Hall–Kier alpha value is -4.16. The number of benzene rings is 4. The van der Waals surface area contributed by atoms with E-state index in [2.05, 4.69) is 10.0 Å². The second kappa shape index (κ2) is 14.5. The average molecular weight is 660 g/mol. The minimum Gasteiger partial charge on any atom is -0.489 e. The minimum atomic E-state index is -4.28. The third kappa shape index (κ3) is 8.70. The average Bonchev–Trinajstić information content (AvgIpc) is 2.99. The number of hydrogen-bond acceptors (Lipinski definition) is 6. The summed E-state index contributed by atoms with van der Waals surface area (Å²) in [5.41, 5.74) is 1.15. The zero-order valence-electron chi connectivity index (χ0n) is 23.1. The van der Waals surface area contributed by atoms with Crippen molar-refractivity contribution < 1.29 is 37.8 Å². The van der Waals surface area contributed by atoms with Crippen LogP contribution in [0, 0.1) is 0 Å². The van der Waals surface area contributed by atoms with Gasteiger partial charge in [0.15, 0.2) is 0 Å². The third-order valence-corrected chi connectivity index (χ3v) is 8.89. The van der Waals surface area contributed by atoms with Crippen molar-refractivity contribution in [1.82, 2.24) is 10.0 Å². The Bertz CT molecular complexity index is 1760. The van der Waals surface area contributed by atoms with Gasteiger partial charge in [-0.1, -0.05) is 71.7 Å². The number of ether oxygens (including phenoxy) is 1. The molecule has 0 aliphatic heterocycles. The summed E-state index contributed by atoms with van der Waals surface area (Å²) in [5.74, 6) is -3.11. The Labute approximate surface area is 263 Å². The van der Waals surface area contributed by atoms with Crippen molar-refractivity contribution in [3.8, 4) is 5.75 Å². The predicted molar refractivity (Wildman–Crippen MR) is 165 cm³/mol. The highest BCUT2D eigenvalue weighted by Crippen LogP contribution is 2.26. The van der Waals surface area contributed by atoms with Crippen molar-refractivity contribution in [2.75, 3.05) is 0 Å². The number of fused-ring (bicyclic) bond motifs is 1. The Morgan fingerprint density at radius 3 is 2.11 bits per heavy atom. The molecule has 4 N–H and O–H groups in total. The van der Waals surface area contributed by atoms with E-state index in [0.717, 1.165) is 5.39 Å². The number of carboxylic acids is 2. The van der Waals surface area contributed by atoms with E-state index in [4.69, 9.17) is 33.0 Å². The number of nitrogens with one attached hydrogen (secondary N) is 2. The van der Waals surface area contributed by atoms with E-state index in [-0.39, 0.29) is 17.9 Å². The summed E-state index contributed by atoms with van der Waals surface area (Å²) in [6.07, 6.45) is -1.07. The molecule has 0 aliphatic rings. The molecular formula is C31H28Cl2N2O8S. The van der Waals surface area contributed by atoms with Crippen molar-refractivity contribution >= 4 is 61.8 Å². The van der Waals surface area contributed by atoms with Crippen molar-refractivity contribution in [1.29, 1.82) is 0 Å². The number of carbonyl (C=O) groups is 3. The fourth-order valence-corrected chi connectivity index (χ4v) is 6.13. The van der Waals surface area contributed by atoms with Crippen LogP contribution in [0.25, 0.3) is 10.8 Å². The van der Waals surface area contributed by atoms with Crippen molar-refractivity contribution in [3.05, 3.63) is 106 Å². The Kier molecular flexibility index (Phi) is 10.8. The van der Waals surface area contributed by atoms with E-state index in [9.17, 15) is 27.9 Å². The molecule has 10 nitrogen and oxygen atoms in total. The van der Waals surface area contributed by atoms with E-state index in [1.165, 1.54) is 12.1 Å². The SMILES string of the molecule is O=C(O)CC[C@H](NS(=O)(=O)c1ccc2ccccc2c1)C(=O)N[C@@H](Cc1ccc(OCc2c(Cl)cccc2Cl)cc1)C(=O)O. The van der Waals surface area contributed by atoms with Gasteiger partial charge in [0.05, 0.1) is 4.90 Å². The first kappa shape index (κ1) is 32.7. The third-order valence-electron chi connectivity index (χ3n) is 6.71. The monoisotopic (exact) mass is 658 g/mol. The molecule has 0 radical (unpaired) electrons. The van der Waals surface area contributed by atoms with Gasteiger partial charge in [-0.15, -0.1) is 0 Å². The minimum absolute atomic E-state index is 0.110. The Morgan fingerprint density at radius 1 is 0.818 bits per heavy atom. The molecule has 1 amide bonds. The van der Waals surface area contributed by atoms with Gasteiger partial charge in [0.25, 0.3) is 0 Å². The Balaban J connectivity index is 1.44. The lowest BCUT2D eigenvalue weighted by Crippen LogP contribution is -2.52. The van der Waals surface area contributed by atoms with Crippen molar-refractivity contribution in [2.45, 2.75) is 42.8 Å². The number of carbonyl (C=O) groups excluding carboxylic acids is 1. The molecule has 0 spiro atoms. The van der Waals surface area contributed by atoms with E-state index in [1.54, 1.807) is 66.7 Å². The lowest BCUT2D eigenvalue weighted by molar-refractivity contribution is -0.142. The highest BCUT2D eigenvalue weighted by molar-refractivity contribution is 7.89. The van der Waals surface area contributed by atoms with Crippen LogP contribution >= 0.6 is 23.2 Å². The lowest BCUT2D eigenvalue weighted by atomic mass is 10.0. The van der Waals surface area contributed by atoms with E-state index in [1.807, 2.05) is 6.07 Å². The number of aliphatic carboxylic acids is 2. The van der Waals surface area contributed by atoms with Gasteiger partial charge < -0.3 is 20.3 Å². The first-order valence-electron chi connectivity index (χ1n) is 13.3. The summed E-state index contributed by atoms with van der Waals surface area (Å²) in [6.45, 7) is 0.110. The van der Waals surface area contributed by atoms with Crippen LogP contribution in [0.1, 0.15) is 24.0 Å². The van der Waals surface area contributed by atoms with Gasteiger partial charge in [-0.3, -0.25) is 9.59 Å². The highest BCUT2D eigenvalue weighted by Gasteiger charge is 2.30. The summed E-state index contributed by atoms with van der Waals surface area (Å²) < 4.78 is 34.3. The van der Waals surface area contributed by atoms with Crippen LogP contribution in [-0.4, -0.2) is 48.6 Å². The summed E-state index contributed by atoms with van der Waals surface area (Å²) >= 11 is 12.3. The molecule has 0 bridgehead atoms. The first-order chi connectivity index (χ1) is 20.9. The van der Waals surface area contributed by atoms with Crippen molar-refractivity contribution in [2.24, 2.45) is 0 Å². The molecule has 0 saturated heterocycles. The maximum atomic E-state index is 13.2. The number of halogens is 2. The number of carboxylic acid groups (broad SMARTS) is 2. The van der Waals surface area contributed by atoms with Crippen LogP contribution in [0.2, 0.25) is 10.0 Å². The summed E-state index contributed by atoms with van der Waals surface area (Å²) in [5, 5.41) is 23.7. The molecular weight excluding hydrogens is 631 g/mol. The molecule has 44 heavy (non-hydrogen) atoms. The zero-order chi connectivity index (χ0) is 31.9. The molecule has 0 heterocycles. The second-order valence-corrected chi connectivity index (χ2v) is 12.4.